The zero-order valence-electron chi connectivity index (χ0n) is 10.9. The number of rotatable bonds is 2. The van der Waals surface area contributed by atoms with Crippen molar-refractivity contribution in [3.8, 4) is 0 Å². The fourth-order valence-electron chi connectivity index (χ4n) is 2.32. The molecule has 5 heteroatoms. The van der Waals surface area contributed by atoms with Gasteiger partial charge in [0, 0.05) is 12.1 Å². The molecule has 1 heterocycles. The maximum atomic E-state index is 13.5. The van der Waals surface area contributed by atoms with Crippen LogP contribution >= 0.6 is 0 Å². The van der Waals surface area contributed by atoms with Crippen molar-refractivity contribution in [1.82, 2.24) is 4.90 Å². The summed E-state index contributed by atoms with van der Waals surface area (Å²) in [5.41, 5.74) is -0.482. The fraction of sp³-hybridized carbons (Fsp3) is 0.500. The van der Waals surface area contributed by atoms with E-state index in [9.17, 15) is 14.3 Å². The Balaban J connectivity index is 2.17. The predicted octanol–water partition coefficient (Wildman–Crippen LogP) is 1.09. The summed E-state index contributed by atoms with van der Waals surface area (Å²) in [5.74, 6) is -0.731. The number of aryl methyl sites for hydroxylation is 1. The Kier molecular flexibility index (Phi) is 3.87. The maximum absolute atomic E-state index is 13.5. The standard InChI is InChI=1S/C14H18FNO3/c1-10-3-4-11(7-12(10)15)13(18)16-6-2-5-14(19,8-16)9-17/h3-4,7,17,19H,2,5-6,8-9H2,1H3/t14-/m0/s1. The molecule has 1 amide bonds. The number of carbonyl (C=O) groups is 1. The van der Waals surface area contributed by atoms with Crippen molar-refractivity contribution >= 4 is 5.91 Å². The summed E-state index contributed by atoms with van der Waals surface area (Å²) in [6.07, 6.45) is 1.09. The third kappa shape index (κ3) is 2.93. The molecule has 1 aliphatic rings. The number of piperidine rings is 1. The van der Waals surface area contributed by atoms with Gasteiger partial charge < -0.3 is 15.1 Å². The third-order valence-electron chi connectivity index (χ3n) is 3.56. The van der Waals surface area contributed by atoms with Gasteiger partial charge in [-0.25, -0.2) is 4.39 Å². The van der Waals surface area contributed by atoms with Crippen LogP contribution in [0.15, 0.2) is 18.2 Å². The van der Waals surface area contributed by atoms with Crippen molar-refractivity contribution < 1.29 is 19.4 Å². The normalized spacial score (nSPS) is 23.5. The maximum Gasteiger partial charge on any atom is 0.254 e. The van der Waals surface area contributed by atoms with Crippen molar-refractivity contribution in [3.63, 3.8) is 0 Å². The number of hydrogen-bond acceptors (Lipinski definition) is 3. The molecule has 1 atom stereocenters. The van der Waals surface area contributed by atoms with E-state index in [2.05, 4.69) is 0 Å². The van der Waals surface area contributed by atoms with Gasteiger partial charge in [0.05, 0.1) is 13.2 Å². The van der Waals surface area contributed by atoms with E-state index < -0.39 is 11.4 Å². The molecule has 1 fully saturated rings. The summed E-state index contributed by atoms with van der Waals surface area (Å²) < 4.78 is 13.5. The topological polar surface area (TPSA) is 60.8 Å². The Bertz CT molecular complexity index is 492. The molecule has 0 spiro atoms. The molecule has 0 aromatic heterocycles. The van der Waals surface area contributed by atoms with E-state index in [1.807, 2.05) is 0 Å². The van der Waals surface area contributed by atoms with E-state index in [0.29, 0.717) is 24.9 Å². The van der Waals surface area contributed by atoms with Crippen LogP contribution in [0.25, 0.3) is 0 Å². The first-order valence-corrected chi connectivity index (χ1v) is 6.34. The lowest BCUT2D eigenvalue weighted by molar-refractivity contribution is -0.0598. The van der Waals surface area contributed by atoms with Gasteiger partial charge in [0.15, 0.2) is 0 Å². The number of aliphatic hydroxyl groups excluding tert-OH is 1. The molecule has 0 aliphatic carbocycles. The van der Waals surface area contributed by atoms with E-state index in [4.69, 9.17) is 5.11 Å². The van der Waals surface area contributed by atoms with Gasteiger partial charge in [-0.2, -0.15) is 0 Å². The Hall–Kier alpha value is -1.46. The molecule has 0 saturated carbocycles. The number of likely N-dealkylation sites (tertiary alicyclic amines) is 1. The number of benzene rings is 1. The molecule has 4 nitrogen and oxygen atoms in total. The average molecular weight is 267 g/mol. The molecule has 1 aromatic rings. The highest BCUT2D eigenvalue weighted by molar-refractivity contribution is 5.94. The molecule has 2 rings (SSSR count). The predicted molar refractivity (Wildman–Crippen MR) is 68.3 cm³/mol. The van der Waals surface area contributed by atoms with Gasteiger partial charge in [0.1, 0.15) is 11.4 Å². The highest BCUT2D eigenvalue weighted by Gasteiger charge is 2.34. The van der Waals surface area contributed by atoms with Crippen LogP contribution in [0, 0.1) is 12.7 Å². The minimum atomic E-state index is -1.24. The minimum Gasteiger partial charge on any atom is -0.393 e. The highest BCUT2D eigenvalue weighted by Crippen LogP contribution is 2.22. The first kappa shape index (κ1) is 14.0. The Morgan fingerprint density at radius 1 is 1.53 bits per heavy atom. The van der Waals surface area contributed by atoms with Crippen molar-refractivity contribution in [2.24, 2.45) is 0 Å². The number of aliphatic hydroxyl groups is 2. The smallest absolute Gasteiger partial charge is 0.254 e. The first-order chi connectivity index (χ1) is 8.95. The lowest BCUT2D eigenvalue weighted by Gasteiger charge is -2.38. The fourth-order valence-corrected chi connectivity index (χ4v) is 2.32. The van der Waals surface area contributed by atoms with Gasteiger partial charge >= 0.3 is 0 Å². The number of carbonyl (C=O) groups excluding carboxylic acids is 1. The number of halogens is 1. The molecule has 1 saturated heterocycles. The number of nitrogens with zero attached hydrogens (tertiary/aromatic N) is 1. The average Bonchev–Trinajstić information content (AvgIpc) is 2.41. The van der Waals surface area contributed by atoms with Crippen molar-refractivity contribution in [3.05, 3.63) is 35.1 Å². The van der Waals surface area contributed by atoms with Crippen LogP contribution in [0.5, 0.6) is 0 Å². The SMILES string of the molecule is Cc1ccc(C(=O)N2CCC[C@@](O)(CO)C2)cc1F. The van der Waals surface area contributed by atoms with Crippen LogP contribution in [-0.4, -0.2) is 46.3 Å². The molecule has 104 valence electrons. The Morgan fingerprint density at radius 2 is 2.26 bits per heavy atom. The Morgan fingerprint density at radius 3 is 2.89 bits per heavy atom. The van der Waals surface area contributed by atoms with E-state index >= 15 is 0 Å². The van der Waals surface area contributed by atoms with Gasteiger partial charge in [-0.1, -0.05) is 6.07 Å². The van der Waals surface area contributed by atoms with Gasteiger partial charge in [-0.3, -0.25) is 4.79 Å². The summed E-state index contributed by atoms with van der Waals surface area (Å²) >= 11 is 0. The second-order valence-electron chi connectivity index (χ2n) is 5.18. The first-order valence-electron chi connectivity index (χ1n) is 6.34. The quantitative estimate of drug-likeness (QED) is 0.843. The van der Waals surface area contributed by atoms with Crippen molar-refractivity contribution in [2.45, 2.75) is 25.4 Å². The highest BCUT2D eigenvalue weighted by atomic mass is 19.1. The molecule has 19 heavy (non-hydrogen) atoms. The molecule has 1 aliphatic heterocycles. The van der Waals surface area contributed by atoms with Gasteiger partial charge in [-0.05, 0) is 37.5 Å². The lowest BCUT2D eigenvalue weighted by Crippen LogP contribution is -2.52. The monoisotopic (exact) mass is 267 g/mol. The van der Waals surface area contributed by atoms with Crippen LogP contribution in [0.3, 0.4) is 0 Å². The van der Waals surface area contributed by atoms with Crippen molar-refractivity contribution in [2.75, 3.05) is 19.7 Å². The molecule has 0 bridgehead atoms. The molecule has 2 N–H and O–H groups in total. The molecular formula is C14H18FNO3. The molecule has 0 unspecified atom stereocenters. The lowest BCUT2D eigenvalue weighted by atomic mass is 9.93. The zero-order chi connectivity index (χ0) is 14.0. The summed E-state index contributed by atoms with van der Waals surface area (Å²) in [7, 11) is 0. The molecule has 0 radical (unpaired) electrons. The molecule has 1 aromatic carbocycles. The number of hydrogen-bond donors (Lipinski definition) is 2. The van der Waals surface area contributed by atoms with Crippen LogP contribution in [0.1, 0.15) is 28.8 Å². The number of β-amino-alcohol motifs (C(OH)–C–C–N with tert-alkyl or cyclic N) is 1. The largest absolute Gasteiger partial charge is 0.393 e. The van der Waals surface area contributed by atoms with Crippen LogP contribution < -0.4 is 0 Å². The second kappa shape index (κ2) is 5.27. The van der Waals surface area contributed by atoms with E-state index in [1.54, 1.807) is 19.1 Å². The van der Waals surface area contributed by atoms with Crippen LogP contribution in [0.2, 0.25) is 0 Å². The summed E-state index contributed by atoms with van der Waals surface area (Å²) in [6, 6.07) is 4.35. The number of amides is 1. The zero-order valence-corrected chi connectivity index (χ0v) is 10.9. The summed E-state index contributed by atoms with van der Waals surface area (Å²) in [4.78, 5) is 13.7. The second-order valence-corrected chi connectivity index (χ2v) is 5.18. The van der Waals surface area contributed by atoms with Gasteiger partial charge in [0.2, 0.25) is 0 Å². The van der Waals surface area contributed by atoms with Crippen molar-refractivity contribution in [1.29, 1.82) is 0 Å². The van der Waals surface area contributed by atoms with Gasteiger partial charge in [-0.15, -0.1) is 0 Å². The van der Waals surface area contributed by atoms with E-state index in [1.165, 1.54) is 11.0 Å². The summed E-state index contributed by atoms with van der Waals surface area (Å²) in [5, 5.41) is 19.2. The van der Waals surface area contributed by atoms with Crippen LogP contribution in [0.4, 0.5) is 4.39 Å². The van der Waals surface area contributed by atoms with E-state index in [0.717, 1.165) is 0 Å². The van der Waals surface area contributed by atoms with Crippen LogP contribution in [-0.2, 0) is 0 Å². The summed E-state index contributed by atoms with van der Waals surface area (Å²) in [6.45, 7) is 1.85. The third-order valence-corrected chi connectivity index (χ3v) is 3.56. The minimum absolute atomic E-state index is 0.0812. The van der Waals surface area contributed by atoms with Gasteiger partial charge in [0.25, 0.3) is 5.91 Å². The van der Waals surface area contributed by atoms with E-state index in [-0.39, 0.29) is 24.6 Å². The molecular weight excluding hydrogens is 249 g/mol. The Labute approximate surface area is 111 Å².